The molecular weight excluding hydrogens is 232 g/mol. The van der Waals surface area contributed by atoms with E-state index < -0.39 is 5.54 Å². The molecule has 2 atom stereocenters. The van der Waals surface area contributed by atoms with E-state index in [1.54, 1.807) is 6.92 Å². The number of rotatable bonds is 8. The number of amides is 1. The highest BCUT2D eigenvalue weighted by Gasteiger charge is 2.26. The average Bonchev–Trinajstić information content (AvgIpc) is 2.81. The molecule has 18 heavy (non-hydrogen) atoms. The molecule has 106 valence electrons. The van der Waals surface area contributed by atoms with Crippen molar-refractivity contribution in [3.8, 4) is 0 Å². The molecule has 0 aromatic carbocycles. The lowest BCUT2D eigenvalue weighted by atomic mass is 9.96. The summed E-state index contributed by atoms with van der Waals surface area (Å²) >= 11 is 0. The van der Waals surface area contributed by atoms with Gasteiger partial charge in [0.05, 0.1) is 18.2 Å². The first-order chi connectivity index (χ1) is 8.56. The summed E-state index contributed by atoms with van der Waals surface area (Å²) in [4.78, 5) is 11.8. The van der Waals surface area contributed by atoms with E-state index in [2.05, 4.69) is 5.32 Å². The van der Waals surface area contributed by atoms with Crippen LogP contribution in [-0.4, -0.2) is 43.9 Å². The van der Waals surface area contributed by atoms with Crippen LogP contribution in [0.15, 0.2) is 0 Å². The lowest BCUT2D eigenvalue weighted by molar-refractivity contribution is -0.126. The Kier molecular flexibility index (Phi) is 6.60. The molecule has 5 nitrogen and oxygen atoms in total. The van der Waals surface area contributed by atoms with Gasteiger partial charge in [0.15, 0.2) is 0 Å². The molecule has 1 rings (SSSR count). The molecule has 3 N–H and O–H groups in total. The lowest BCUT2D eigenvalue weighted by Crippen LogP contribution is -2.51. The highest BCUT2D eigenvalue weighted by atomic mass is 16.5. The molecule has 2 unspecified atom stereocenters. The van der Waals surface area contributed by atoms with E-state index in [4.69, 9.17) is 15.2 Å². The summed E-state index contributed by atoms with van der Waals surface area (Å²) in [6, 6.07) is 0. The van der Waals surface area contributed by atoms with Gasteiger partial charge in [0, 0.05) is 19.8 Å². The number of hydrogen-bond acceptors (Lipinski definition) is 4. The summed E-state index contributed by atoms with van der Waals surface area (Å²) in [5, 5.41) is 2.86. The standard InChI is InChI=1S/C13H26N2O3/c1-3-6-13(2,14)12(16)15-7-4-8-18-11-5-9-17-10-11/h11H,3-10,14H2,1-2H3,(H,15,16). The Labute approximate surface area is 109 Å². The molecule has 1 heterocycles. The molecule has 0 aromatic heterocycles. The fraction of sp³-hybridized carbons (Fsp3) is 0.923. The van der Waals surface area contributed by atoms with Gasteiger partial charge in [-0.15, -0.1) is 0 Å². The number of nitrogens with one attached hydrogen (secondary N) is 1. The van der Waals surface area contributed by atoms with Gasteiger partial charge in [0.25, 0.3) is 0 Å². The number of carbonyl (C=O) groups is 1. The van der Waals surface area contributed by atoms with Crippen LogP contribution in [-0.2, 0) is 14.3 Å². The van der Waals surface area contributed by atoms with Gasteiger partial charge in [0.2, 0.25) is 5.91 Å². The van der Waals surface area contributed by atoms with E-state index in [1.807, 2.05) is 6.92 Å². The minimum atomic E-state index is -0.755. The monoisotopic (exact) mass is 258 g/mol. The van der Waals surface area contributed by atoms with Crippen LogP contribution in [0.2, 0.25) is 0 Å². The van der Waals surface area contributed by atoms with Crippen molar-refractivity contribution < 1.29 is 14.3 Å². The first-order valence-electron chi connectivity index (χ1n) is 6.83. The van der Waals surface area contributed by atoms with E-state index in [0.717, 1.165) is 25.9 Å². The number of carbonyl (C=O) groups excluding carboxylic acids is 1. The van der Waals surface area contributed by atoms with Gasteiger partial charge >= 0.3 is 0 Å². The molecular formula is C13H26N2O3. The van der Waals surface area contributed by atoms with Crippen molar-refractivity contribution in [2.45, 2.75) is 51.2 Å². The van der Waals surface area contributed by atoms with Crippen molar-refractivity contribution in [1.29, 1.82) is 0 Å². The van der Waals surface area contributed by atoms with Gasteiger partial charge in [-0.3, -0.25) is 4.79 Å². The van der Waals surface area contributed by atoms with Crippen LogP contribution in [0.25, 0.3) is 0 Å². The van der Waals surface area contributed by atoms with Crippen molar-refractivity contribution in [2.24, 2.45) is 5.73 Å². The highest BCUT2D eigenvalue weighted by molar-refractivity contribution is 5.85. The molecule has 5 heteroatoms. The molecule has 0 saturated carbocycles. The summed E-state index contributed by atoms with van der Waals surface area (Å²) in [5.74, 6) is -0.0754. The maximum Gasteiger partial charge on any atom is 0.239 e. The van der Waals surface area contributed by atoms with Gasteiger partial charge in [-0.1, -0.05) is 13.3 Å². The second-order valence-corrected chi connectivity index (χ2v) is 5.13. The minimum Gasteiger partial charge on any atom is -0.379 e. The van der Waals surface area contributed by atoms with Crippen LogP contribution in [0.3, 0.4) is 0 Å². The predicted octanol–water partition coefficient (Wildman–Crippen LogP) is 0.816. The third-order valence-corrected chi connectivity index (χ3v) is 3.14. The van der Waals surface area contributed by atoms with Crippen LogP contribution in [0.4, 0.5) is 0 Å². The third kappa shape index (κ3) is 5.33. The Morgan fingerprint density at radius 2 is 2.39 bits per heavy atom. The minimum absolute atomic E-state index is 0.0754. The molecule has 0 spiro atoms. The topological polar surface area (TPSA) is 73.6 Å². The number of hydrogen-bond donors (Lipinski definition) is 2. The normalized spacial score (nSPS) is 22.7. The van der Waals surface area contributed by atoms with E-state index in [1.165, 1.54) is 0 Å². The molecule has 0 aromatic rings. The van der Waals surface area contributed by atoms with Crippen LogP contribution < -0.4 is 11.1 Å². The van der Waals surface area contributed by atoms with Crippen LogP contribution >= 0.6 is 0 Å². The zero-order valence-electron chi connectivity index (χ0n) is 11.5. The SMILES string of the molecule is CCCC(C)(N)C(=O)NCCCOC1CCOC1. The van der Waals surface area contributed by atoms with Crippen molar-refractivity contribution in [3.05, 3.63) is 0 Å². The van der Waals surface area contributed by atoms with E-state index in [-0.39, 0.29) is 12.0 Å². The number of nitrogens with two attached hydrogens (primary N) is 1. The summed E-state index contributed by atoms with van der Waals surface area (Å²) in [5.41, 5.74) is 5.17. The first kappa shape index (κ1) is 15.4. The van der Waals surface area contributed by atoms with Crippen LogP contribution in [0, 0.1) is 0 Å². The van der Waals surface area contributed by atoms with E-state index >= 15 is 0 Å². The smallest absolute Gasteiger partial charge is 0.239 e. The molecule has 1 saturated heterocycles. The second kappa shape index (κ2) is 7.71. The Bertz CT molecular complexity index is 251. The van der Waals surface area contributed by atoms with Crippen molar-refractivity contribution in [1.82, 2.24) is 5.32 Å². The first-order valence-corrected chi connectivity index (χ1v) is 6.83. The Balaban J connectivity index is 2.04. The largest absolute Gasteiger partial charge is 0.379 e. The van der Waals surface area contributed by atoms with Gasteiger partial charge < -0.3 is 20.5 Å². The molecule has 0 aliphatic carbocycles. The highest BCUT2D eigenvalue weighted by Crippen LogP contribution is 2.09. The Morgan fingerprint density at radius 1 is 1.61 bits per heavy atom. The van der Waals surface area contributed by atoms with Crippen LogP contribution in [0.1, 0.15) is 39.5 Å². The predicted molar refractivity (Wildman–Crippen MR) is 70.3 cm³/mol. The zero-order valence-corrected chi connectivity index (χ0v) is 11.5. The maximum absolute atomic E-state index is 11.8. The van der Waals surface area contributed by atoms with E-state index in [9.17, 15) is 4.79 Å². The summed E-state index contributed by atoms with van der Waals surface area (Å²) < 4.78 is 10.8. The quantitative estimate of drug-likeness (QED) is 0.632. The molecule has 0 radical (unpaired) electrons. The van der Waals surface area contributed by atoms with Crippen LogP contribution in [0.5, 0.6) is 0 Å². The summed E-state index contributed by atoms with van der Waals surface area (Å²) in [6.45, 7) is 6.56. The van der Waals surface area contributed by atoms with Gasteiger partial charge in [-0.05, 0) is 26.2 Å². The third-order valence-electron chi connectivity index (χ3n) is 3.14. The molecule has 1 aliphatic heterocycles. The van der Waals surface area contributed by atoms with Gasteiger partial charge in [0.1, 0.15) is 0 Å². The summed E-state index contributed by atoms with van der Waals surface area (Å²) in [7, 11) is 0. The fourth-order valence-electron chi connectivity index (χ4n) is 2.00. The van der Waals surface area contributed by atoms with Crippen molar-refractivity contribution in [3.63, 3.8) is 0 Å². The fourth-order valence-corrected chi connectivity index (χ4v) is 2.00. The average molecular weight is 258 g/mol. The summed E-state index contributed by atoms with van der Waals surface area (Å²) in [6.07, 6.45) is 3.63. The van der Waals surface area contributed by atoms with Gasteiger partial charge in [-0.25, -0.2) is 0 Å². The zero-order chi connectivity index (χ0) is 13.4. The van der Waals surface area contributed by atoms with E-state index in [0.29, 0.717) is 26.2 Å². The Morgan fingerprint density at radius 3 is 3.00 bits per heavy atom. The van der Waals surface area contributed by atoms with Crippen molar-refractivity contribution in [2.75, 3.05) is 26.4 Å². The number of ether oxygens (including phenoxy) is 2. The molecule has 1 aliphatic rings. The molecule has 1 amide bonds. The molecule has 0 bridgehead atoms. The Hall–Kier alpha value is -0.650. The molecule has 1 fully saturated rings. The lowest BCUT2D eigenvalue weighted by Gasteiger charge is -2.22. The maximum atomic E-state index is 11.8. The van der Waals surface area contributed by atoms with Gasteiger partial charge in [-0.2, -0.15) is 0 Å². The second-order valence-electron chi connectivity index (χ2n) is 5.13. The van der Waals surface area contributed by atoms with Crippen molar-refractivity contribution >= 4 is 5.91 Å².